The first kappa shape index (κ1) is 45.8. The molecule has 0 aromatic heterocycles. The van der Waals surface area contributed by atoms with Crippen LogP contribution in [0, 0.1) is 0 Å². The van der Waals surface area contributed by atoms with Crippen LogP contribution in [0.3, 0.4) is 0 Å². The van der Waals surface area contributed by atoms with Crippen molar-refractivity contribution in [1.82, 2.24) is 5.32 Å². The Labute approximate surface area is 348 Å². The number of hydrogen-bond acceptors (Lipinski definition) is 11. The first-order chi connectivity index (χ1) is 28.4. The molecule has 5 rings (SSSR count). The Hall–Kier alpha value is -4.23. The van der Waals surface area contributed by atoms with Gasteiger partial charge in [0.25, 0.3) is 0 Å². The molecule has 318 valence electrons. The van der Waals surface area contributed by atoms with Gasteiger partial charge >= 0.3 is 13.7 Å². The van der Waals surface area contributed by atoms with E-state index in [-0.39, 0.29) is 39.3 Å². The summed E-state index contributed by atoms with van der Waals surface area (Å²) in [5.74, 6) is -0.552. The molecule has 0 spiro atoms. The van der Waals surface area contributed by atoms with E-state index >= 15 is 0 Å². The van der Waals surface area contributed by atoms with Gasteiger partial charge in [0.2, 0.25) is 0 Å². The van der Waals surface area contributed by atoms with E-state index in [1.165, 1.54) is 14.2 Å². The third-order valence-electron chi connectivity index (χ3n) is 9.70. The highest BCUT2D eigenvalue weighted by atomic mass is 31.2. The number of hydrogen-bond donors (Lipinski definition) is 1. The number of Topliss-reactive ketones (excluding diaryl/α,β-unsaturated/α-hetero) is 1. The van der Waals surface area contributed by atoms with Crippen LogP contribution in [0.5, 0.6) is 0 Å². The Morgan fingerprint density at radius 3 is 1.51 bits per heavy atom. The van der Waals surface area contributed by atoms with Crippen LogP contribution in [-0.2, 0) is 73.3 Å². The predicted molar refractivity (Wildman–Crippen MR) is 224 cm³/mol. The number of rotatable bonds is 22. The fourth-order valence-electron chi connectivity index (χ4n) is 6.72. The van der Waals surface area contributed by atoms with E-state index < -0.39 is 67.8 Å². The van der Waals surface area contributed by atoms with Gasteiger partial charge in [-0.2, -0.15) is 0 Å². The van der Waals surface area contributed by atoms with E-state index in [0.717, 1.165) is 22.3 Å². The molecule has 1 heterocycles. The SMILES string of the molecule is COP(=O)(CC(=O)[C@H](CC[C@@H]1O[C@H](COCc2ccccc2)[C@H](OCc2ccccc2)[C@H](OCc2ccccc2)[C@H]1OCc1ccccc1)NC(=O)OC(C)(C)C)OC. The maximum atomic E-state index is 13.8. The van der Waals surface area contributed by atoms with E-state index in [9.17, 15) is 14.2 Å². The average molecular weight is 832 g/mol. The van der Waals surface area contributed by atoms with Gasteiger partial charge in [-0.3, -0.25) is 9.36 Å². The molecule has 0 saturated carbocycles. The van der Waals surface area contributed by atoms with Crippen molar-refractivity contribution in [3.63, 3.8) is 0 Å². The summed E-state index contributed by atoms with van der Waals surface area (Å²) in [6.07, 6.45) is -4.46. The fourth-order valence-corrected chi connectivity index (χ4v) is 7.73. The molecular formula is C46H58NO11P. The van der Waals surface area contributed by atoms with Crippen molar-refractivity contribution in [1.29, 1.82) is 0 Å². The van der Waals surface area contributed by atoms with E-state index in [1.54, 1.807) is 20.8 Å². The number of carbonyl (C=O) groups excluding carboxylic acids is 2. The van der Waals surface area contributed by atoms with Crippen LogP contribution in [0.2, 0.25) is 0 Å². The largest absolute Gasteiger partial charge is 0.444 e. The van der Waals surface area contributed by atoms with Gasteiger partial charge < -0.3 is 42.8 Å². The van der Waals surface area contributed by atoms with Gasteiger partial charge in [0, 0.05) is 14.2 Å². The number of ether oxygens (including phenoxy) is 6. The lowest BCUT2D eigenvalue weighted by Gasteiger charge is -2.46. The molecule has 6 atom stereocenters. The molecule has 4 aromatic rings. The Morgan fingerprint density at radius 2 is 1.07 bits per heavy atom. The van der Waals surface area contributed by atoms with Crippen molar-refractivity contribution in [2.75, 3.05) is 27.0 Å². The lowest BCUT2D eigenvalue weighted by molar-refractivity contribution is -0.273. The van der Waals surface area contributed by atoms with Gasteiger partial charge in [-0.25, -0.2) is 4.79 Å². The predicted octanol–water partition coefficient (Wildman–Crippen LogP) is 8.46. The Bertz CT molecular complexity index is 1870. The van der Waals surface area contributed by atoms with Gasteiger partial charge in [-0.15, -0.1) is 0 Å². The van der Waals surface area contributed by atoms with E-state index in [1.807, 2.05) is 121 Å². The Kier molecular flexibility index (Phi) is 17.8. The zero-order chi connectivity index (χ0) is 42.1. The van der Waals surface area contributed by atoms with Crippen LogP contribution in [-0.4, -0.2) is 81.0 Å². The maximum Gasteiger partial charge on any atom is 0.408 e. The molecule has 13 heteroatoms. The zero-order valence-electron chi connectivity index (χ0n) is 34.6. The van der Waals surface area contributed by atoms with Crippen LogP contribution >= 0.6 is 7.60 Å². The zero-order valence-corrected chi connectivity index (χ0v) is 35.5. The van der Waals surface area contributed by atoms with E-state index in [0.29, 0.717) is 6.61 Å². The van der Waals surface area contributed by atoms with Gasteiger partial charge in [-0.1, -0.05) is 121 Å². The second-order valence-electron chi connectivity index (χ2n) is 15.4. The number of ketones is 1. The number of carbonyl (C=O) groups is 2. The van der Waals surface area contributed by atoms with Crippen molar-refractivity contribution in [3.8, 4) is 0 Å². The van der Waals surface area contributed by atoms with Crippen molar-refractivity contribution in [2.45, 2.75) is 102 Å². The van der Waals surface area contributed by atoms with Crippen molar-refractivity contribution in [2.24, 2.45) is 0 Å². The van der Waals surface area contributed by atoms with Crippen molar-refractivity contribution < 1.29 is 51.6 Å². The minimum atomic E-state index is -3.78. The van der Waals surface area contributed by atoms with E-state index in [2.05, 4.69) is 5.32 Å². The number of amides is 1. The summed E-state index contributed by atoms with van der Waals surface area (Å²) < 4.78 is 62.5. The summed E-state index contributed by atoms with van der Waals surface area (Å²) in [6.45, 7) is 6.45. The molecule has 4 aromatic carbocycles. The fraction of sp³-hybridized carbons (Fsp3) is 0.435. The van der Waals surface area contributed by atoms with Gasteiger partial charge in [0.15, 0.2) is 5.78 Å². The maximum absolute atomic E-state index is 13.8. The van der Waals surface area contributed by atoms with Crippen LogP contribution in [0.15, 0.2) is 121 Å². The molecule has 0 radical (unpaired) electrons. The standard InChI is InChI=1S/C46H58NO11P/c1-46(2,3)58-45(49)47-38(39(48)33-59(50,51-4)52-5)26-27-40-42(54-29-35-20-12-7-13-21-35)44(56-31-37-24-16-9-17-25-37)43(55-30-36-22-14-8-15-23-36)41(57-40)32-53-28-34-18-10-6-11-19-34/h6-25,38,40-44H,26-33H2,1-5H3,(H,47,49)/t38-,40-,41+,42-,43-,44+/m0/s1. The lowest BCUT2D eigenvalue weighted by atomic mass is 9.90. The molecule has 0 aliphatic carbocycles. The second-order valence-corrected chi connectivity index (χ2v) is 17.6. The van der Waals surface area contributed by atoms with Crippen molar-refractivity contribution in [3.05, 3.63) is 144 Å². The third kappa shape index (κ3) is 15.1. The highest BCUT2D eigenvalue weighted by Gasteiger charge is 2.48. The molecule has 12 nitrogen and oxygen atoms in total. The smallest absolute Gasteiger partial charge is 0.408 e. The molecule has 0 unspecified atom stereocenters. The van der Waals surface area contributed by atoms with Gasteiger partial charge in [0.1, 0.15) is 36.2 Å². The van der Waals surface area contributed by atoms with Crippen LogP contribution in [0.4, 0.5) is 4.79 Å². The summed E-state index contributed by atoms with van der Waals surface area (Å²) in [5.41, 5.74) is 3.05. The Morgan fingerprint density at radius 1 is 0.644 bits per heavy atom. The highest BCUT2D eigenvalue weighted by Crippen LogP contribution is 2.46. The number of nitrogens with one attached hydrogen (secondary N) is 1. The first-order valence-electron chi connectivity index (χ1n) is 19.9. The van der Waals surface area contributed by atoms with E-state index in [4.69, 9.17) is 37.5 Å². The summed E-state index contributed by atoms with van der Waals surface area (Å²) in [7, 11) is -1.35. The molecular weight excluding hydrogens is 773 g/mol. The highest BCUT2D eigenvalue weighted by molar-refractivity contribution is 7.54. The van der Waals surface area contributed by atoms with Crippen LogP contribution in [0.25, 0.3) is 0 Å². The molecule has 1 fully saturated rings. The second kappa shape index (κ2) is 23.0. The molecule has 0 bridgehead atoms. The lowest BCUT2D eigenvalue weighted by Crippen LogP contribution is -2.61. The summed E-state index contributed by atoms with van der Waals surface area (Å²) in [6, 6.07) is 38.2. The summed E-state index contributed by atoms with van der Waals surface area (Å²) in [4.78, 5) is 27.0. The van der Waals surface area contributed by atoms with Gasteiger partial charge in [0.05, 0.1) is 45.2 Å². The quantitative estimate of drug-likeness (QED) is 0.0764. The number of alkyl carbamates (subject to hydrolysis) is 1. The summed E-state index contributed by atoms with van der Waals surface area (Å²) >= 11 is 0. The minimum absolute atomic E-state index is 0.0694. The first-order valence-corrected chi connectivity index (χ1v) is 21.6. The molecule has 1 aliphatic rings. The topological polar surface area (TPSA) is 137 Å². The summed E-state index contributed by atoms with van der Waals surface area (Å²) in [5, 5.41) is 2.71. The normalized spacial score (nSPS) is 20.1. The average Bonchev–Trinajstić information content (AvgIpc) is 3.24. The Balaban J connectivity index is 1.49. The van der Waals surface area contributed by atoms with Crippen molar-refractivity contribution >= 4 is 19.5 Å². The monoisotopic (exact) mass is 831 g/mol. The van der Waals surface area contributed by atoms with Crippen LogP contribution < -0.4 is 5.32 Å². The minimum Gasteiger partial charge on any atom is -0.444 e. The van der Waals surface area contributed by atoms with Crippen LogP contribution in [0.1, 0.15) is 55.9 Å². The molecule has 1 N–H and O–H groups in total. The molecule has 1 saturated heterocycles. The molecule has 1 aliphatic heterocycles. The van der Waals surface area contributed by atoms with Gasteiger partial charge in [-0.05, 0) is 55.9 Å². The third-order valence-corrected chi connectivity index (χ3v) is 11.5. The number of benzene rings is 4. The molecule has 1 amide bonds. The molecule has 59 heavy (non-hydrogen) atoms.